The molecule has 1 aromatic heterocycles. The average molecular weight is 239 g/mol. The molecule has 0 bridgehead atoms. The molecule has 0 saturated carbocycles. The van der Waals surface area contributed by atoms with Gasteiger partial charge in [-0.25, -0.2) is 4.98 Å². The maximum atomic E-state index is 11.7. The highest BCUT2D eigenvalue weighted by atomic mass is 32.1. The second-order valence-electron chi connectivity index (χ2n) is 4.50. The molecule has 2 rings (SSSR count). The summed E-state index contributed by atoms with van der Waals surface area (Å²) >= 11 is 1.58. The summed E-state index contributed by atoms with van der Waals surface area (Å²) in [7, 11) is 0. The lowest BCUT2D eigenvalue weighted by Crippen LogP contribution is -2.39. The second-order valence-corrected chi connectivity index (χ2v) is 5.59. The van der Waals surface area contributed by atoms with E-state index in [-0.39, 0.29) is 11.8 Å². The van der Waals surface area contributed by atoms with Crippen LogP contribution in [0.4, 0.5) is 5.13 Å². The summed E-state index contributed by atoms with van der Waals surface area (Å²) in [4.78, 5) is 17.4. The lowest BCUT2D eigenvalue weighted by molar-refractivity contribution is -0.118. The number of carbonyl (C=O) groups is 1. The van der Waals surface area contributed by atoms with Gasteiger partial charge in [-0.2, -0.15) is 0 Å². The van der Waals surface area contributed by atoms with E-state index in [9.17, 15) is 4.79 Å². The van der Waals surface area contributed by atoms with Gasteiger partial charge in [-0.15, -0.1) is 11.3 Å². The van der Waals surface area contributed by atoms with Crippen molar-refractivity contribution in [2.75, 3.05) is 5.32 Å². The maximum absolute atomic E-state index is 11.7. The second kappa shape index (κ2) is 4.51. The molecule has 5 heteroatoms. The largest absolute Gasteiger partial charge is 0.320 e. The third kappa shape index (κ3) is 2.25. The summed E-state index contributed by atoms with van der Waals surface area (Å²) in [5, 5.41) is 3.50. The third-order valence-electron chi connectivity index (χ3n) is 2.85. The molecule has 0 fully saturated rings. The fourth-order valence-electron chi connectivity index (χ4n) is 1.74. The van der Waals surface area contributed by atoms with Crippen molar-refractivity contribution in [2.24, 2.45) is 11.7 Å². The van der Waals surface area contributed by atoms with Gasteiger partial charge in [0.15, 0.2) is 5.13 Å². The number of hydrogen-bond acceptors (Lipinski definition) is 4. The summed E-state index contributed by atoms with van der Waals surface area (Å²) in [5.41, 5.74) is 6.92. The number of rotatable bonds is 3. The van der Waals surface area contributed by atoms with E-state index >= 15 is 0 Å². The molecule has 1 aromatic rings. The van der Waals surface area contributed by atoms with Crippen LogP contribution in [0.15, 0.2) is 0 Å². The average Bonchev–Trinajstić information content (AvgIpc) is 2.76. The first-order valence-corrected chi connectivity index (χ1v) is 6.44. The Hall–Kier alpha value is -0.940. The molecule has 0 radical (unpaired) electrons. The Morgan fingerprint density at radius 1 is 1.50 bits per heavy atom. The molecule has 0 saturated heterocycles. The van der Waals surface area contributed by atoms with Crippen LogP contribution in [0.2, 0.25) is 0 Å². The number of aryl methyl sites for hydroxylation is 2. The first-order valence-electron chi connectivity index (χ1n) is 5.63. The number of aromatic nitrogens is 1. The van der Waals surface area contributed by atoms with Crippen molar-refractivity contribution in [3.8, 4) is 0 Å². The van der Waals surface area contributed by atoms with Crippen LogP contribution in [-0.4, -0.2) is 16.9 Å². The molecular weight excluding hydrogens is 222 g/mol. The molecule has 1 atom stereocenters. The van der Waals surface area contributed by atoms with Crippen LogP contribution in [0.3, 0.4) is 0 Å². The van der Waals surface area contributed by atoms with Gasteiger partial charge in [-0.3, -0.25) is 4.79 Å². The van der Waals surface area contributed by atoms with Crippen LogP contribution in [0.1, 0.15) is 30.8 Å². The number of nitrogens with two attached hydrogens (primary N) is 1. The van der Waals surface area contributed by atoms with E-state index in [1.54, 1.807) is 11.3 Å². The van der Waals surface area contributed by atoms with Gasteiger partial charge in [0.25, 0.3) is 0 Å². The van der Waals surface area contributed by atoms with Crippen molar-refractivity contribution < 1.29 is 4.79 Å². The molecule has 1 aliphatic rings. The molecule has 1 heterocycles. The predicted molar refractivity (Wildman–Crippen MR) is 65.6 cm³/mol. The van der Waals surface area contributed by atoms with E-state index in [2.05, 4.69) is 10.3 Å². The van der Waals surface area contributed by atoms with Crippen LogP contribution >= 0.6 is 11.3 Å². The SMILES string of the molecule is CC(C)C(N)C(=O)Nc1nc2c(s1)CCC2. The number of amides is 1. The number of hydrogen-bond donors (Lipinski definition) is 2. The van der Waals surface area contributed by atoms with Gasteiger partial charge in [0.2, 0.25) is 5.91 Å². The Bertz CT molecular complexity index is 378. The molecule has 0 aliphatic heterocycles. The van der Waals surface area contributed by atoms with E-state index in [0.717, 1.165) is 18.5 Å². The Balaban J connectivity index is 2.01. The lowest BCUT2D eigenvalue weighted by atomic mass is 10.1. The molecule has 0 aromatic carbocycles. The number of nitrogens with one attached hydrogen (secondary N) is 1. The molecule has 1 aliphatic carbocycles. The summed E-state index contributed by atoms with van der Waals surface area (Å²) in [6.45, 7) is 3.87. The van der Waals surface area contributed by atoms with Crippen LogP contribution in [-0.2, 0) is 17.6 Å². The van der Waals surface area contributed by atoms with Crippen LogP contribution < -0.4 is 11.1 Å². The van der Waals surface area contributed by atoms with Crippen LogP contribution in [0, 0.1) is 5.92 Å². The summed E-state index contributed by atoms with van der Waals surface area (Å²) in [6.07, 6.45) is 3.32. The standard InChI is InChI=1S/C11H17N3OS/c1-6(2)9(12)10(15)14-11-13-7-4-3-5-8(7)16-11/h6,9H,3-5,12H2,1-2H3,(H,13,14,15). The van der Waals surface area contributed by atoms with E-state index in [1.807, 2.05) is 13.8 Å². The summed E-state index contributed by atoms with van der Waals surface area (Å²) < 4.78 is 0. The number of nitrogens with zero attached hydrogens (tertiary/aromatic N) is 1. The van der Waals surface area contributed by atoms with Gasteiger partial charge >= 0.3 is 0 Å². The highest BCUT2D eigenvalue weighted by Crippen LogP contribution is 2.30. The third-order valence-corrected chi connectivity index (χ3v) is 3.92. The van der Waals surface area contributed by atoms with Crippen molar-refractivity contribution in [1.29, 1.82) is 0 Å². The molecule has 0 spiro atoms. The zero-order valence-electron chi connectivity index (χ0n) is 9.62. The number of thiazole rings is 1. The highest BCUT2D eigenvalue weighted by Gasteiger charge is 2.21. The van der Waals surface area contributed by atoms with E-state index in [0.29, 0.717) is 5.13 Å². The number of fused-ring (bicyclic) bond motifs is 1. The molecule has 1 unspecified atom stereocenters. The topological polar surface area (TPSA) is 68.0 Å². The van der Waals surface area contributed by atoms with Gasteiger partial charge < -0.3 is 11.1 Å². The monoisotopic (exact) mass is 239 g/mol. The zero-order chi connectivity index (χ0) is 11.7. The first-order chi connectivity index (χ1) is 7.58. The van der Waals surface area contributed by atoms with Crippen LogP contribution in [0.5, 0.6) is 0 Å². The Kier molecular flexibility index (Phi) is 3.25. The van der Waals surface area contributed by atoms with Gasteiger partial charge in [0.1, 0.15) is 0 Å². The number of anilines is 1. The molecule has 88 valence electrons. The smallest absolute Gasteiger partial charge is 0.243 e. The van der Waals surface area contributed by atoms with E-state index < -0.39 is 6.04 Å². The maximum Gasteiger partial charge on any atom is 0.243 e. The van der Waals surface area contributed by atoms with Gasteiger partial charge in [-0.1, -0.05) is 13.8 Å². The Morgan fingerprint density at radius 2 is 2.25 bits per heavy atom. The molecule has 16 heavy (non-hydrogen) atoms. The minimum absolute atomic E-state index is 0.137. The van der Waals surface area contributed by atoms with Gasteiger partial charge in [0, 0.05) is 4.88 Å². The van der Waals surface area contributed by atoms with Crippen molar-refractivity contribution in [3.05, 3.63) is 10.6 Å². The van der Waals surface area contributed by atoms with E-state index in [4.69, 9.17) is 5.73 Å². The molecular formula is C11H17N3OS. The van der Waals surface area contributed by atoms with E-state index in [1.165, 1.54) is 11.3 Å². The zero-order valence-corrected chi connectivity index (χ0v) is 10.4. The van der Waals surface area contributed by atoms with Crippen molar-refractivity contribution in [2.45, 2.75) is 39.2 Å². The molecule has 4 nitrogen and oxygen atoms in total. The number of carbonyl (C=O) groups excluding carboxylic acids is 1. The van der Waals surface area contributed by atoms with Gasteiger partial charge in [0.05, 0.1) is 11.7 Å². The fraction of sp³-hybridized carbons (Fsp3) is 0.636. The molecule has 3 N–H and O–H groups in total. The fourth-order valence-corrected chi connectivity index (χ4v) is 2.79. The first kappa shape index (κ1) is 11.5. The minimum Gasteiger partial charge on any atom is -0.320 e. The Labute approximate surface area is 99.3 Å². The summed E-state index contributed by atoms with van der Waals surface area (Å²) in [6, 6.07) is -0.459. The van der Waals surface area contributed by atoms with Crippen molar-refractivity contribution in [1.82, 2.24) is 4.98 Å². The predicted octanol–water partition coefficient (Wildman–Crippen LogP) is 1.55. The summed E-state index contributed by atoms with van der Waals surface area (Å²) in [5.74, 6) is 0.00855. The van der Waals surface area contributed by atoms with Gasteiger partial charge in [-0.05, 0) is 25.2 Å². The highest BCUT2D eigenvalue weighted by molar-refractivity contribution is 7.15. The minimum atomic E-state index is -0.459. The normalized spacial score (nSPS) is 16.2. The quantitative estimate of drug-likeness (QED) is 0.841. The van der Waals surface area contributed by atoms with Crippen molar-refractivity contribution in [3.63, 3.8) is 0 Å². The molecule has 1 amide bonds. The van der Waals surface area contributed by atoms with Crippen molar-refractivity contribution >= 4 is 22.4 Å². The van der Waals surface area contributed by atoms with Crippen LogP contribution in [0.25, 0.3) is 0 Å². The lowest BCUT2D eigenvalue weighted by Gasteiger charge is -2.13. The Morgan fingerprint density at radius 3 is 2.88 bits per heavy atom.